The van der Waals surface area contributed by atoms with Crippen molar-refractivity contribution in [1.82, 2.24) is 15.5 Å². The van der Waals surface area contributed by atoms with Gasteiger partial charge in [0.25, 0.3) is 0 Å². The standard InChI is InChI=1S/C16H25N3O4S/c20-13(19-7-3-4-10(19)8-14(21)22)6-2-1-5-12-15-11(9-24-12)17-16(23)18-15/h10-12,15H,1-9H2,(H,21,22)(H2,17,18,23)/t10?,11-,12-,15-/m0/s1. The van der Waals surface area contributed by atoms with E-state index >= 15 is 0 Å². The summed E-state index contributed by atoms with van der Waals surface area (Å²) in [5, 5.41) is 15.3. The highest BCUT2D eigenvalue weighted by atomic mass is 32.2. The summed E-state index contributed by atoms with van der Waals surface area (Å²) < 4.78 is 0. The number of hydrogen-bond acceptors (Lipinski definition) is 4. The van der Waals surface area contributed by atoms with E-state index in [4.69, 9.17) is 5.11 Å². The molecule has 3 aliphatic rings. The molecule has 0 aromatic carbocycles. The maximum absolute atomic E-state index is 12.3. The third-order valence-corrected chi connectivity index (χ3v) is 6.68. The van der Waals surface area contributed by atoms with Gasteiger partial charge in [0.1, 0.15) is 0 Å². The summed E-state index contributed by atoms with van der Waals surface area (Å²) in [6.07, 6.45) is 5.03. The number of rotatable bonds is 7. The lowest BCUT2D eigenvalue weighted by atomic mass is 10.0. The van der Waals surface area contributed by atoms with Gasteiger partial charge >= 0.3 is 12.0 Å². The molecule has 0 aliphatic carbocycles. The smallest absolute Gasteiger partial charge is 0.315 e. The summed E-state index contributed by atoms with van der Waals surface area (Å²) >= 11 is 1.89. The molecule has 3 amide bonds. The highest BCUT2D eigenvalue weighted by Gasteiger charge is 2.42. The lowest BCUT2D eigenvalue weighted by Crippen LogP contribution is -2.37. The topological polar surface area (TPSA) is 98.7 Å². The molecule has 0 bridgehead atoms. The molecular formula is C16H25N3O4S. The summed E-state index contributed by atoms with van der Waals surface area (Å²) in [5.41, 5.74) is 0. The van der Waals surface area contributed by atoms with Gasteiger partial charge in [-0.1, -0.05) is 6.42 Å². The van der Waals surface area contributed by atoms with Crippen LogP contribution in [0.3, 0.4) is 0 Å². The molecule has 4 atom stereocenters. The van der Waals surface area contributed by atoms with E-state index in [9.17, 15) is 14.4 Å². The van der Waals surface area contributed by atoms with Crippen molar-refractivity contribution in [2.75, 3.05) is 12.3 Å². The maximum Gasteiger partial charge on any atom is 0.315 e. The molecule has 1 unspecified atom stereocenters. The summed E-state index contributed by atoms with van der Waals surface area (Å²) in [6.45, 7) is 0.691. The Kier molecular flexibility index (Phi) is 5.53. The van der Waals surface area contributed by atoms with Gasteiger partial charge in [-0.05, 0) is 25.7 Å². The third kappa shape index (κ3) is 3.96. The van der Waals surface area contributed by atoms with Crippen LogP contribution in [0.1, 0.15) is 44.9 Å². The first-order valence-corrected chi connectivity index (χ1v) is 9.79. The van der Waals surface area contributed by atoms with Crippen molar-refractivity contribution in [2.24, 2.45) is 0 Å². The molecule has 3 saturated heterocycles. The first kappa shape index (κ1) is 17.4. The average molecular weight is 355 g/mol. The number of fused-ring (bicyclic) bond motifs is 1. The van der Waals surface area contributed by atoms with Crippen molar-refractivity contribution in [3.63, 3.8) is 0 Å². The average Bonchev–Trinajstić information content (AvgIpc) is 3.19. The Morgan fingerprint density at radius 2 is 2.12 bits per heavy atom. The Morgan fingerprint density at radius 3 is 2.92 bits per heavy atom. The second-order valence-electron chi connectivity index (χ2n) is 6.85. The number of carboxylic acids is 1. The number of aliphatic carboxylic acids is 1. The zero-order chi connectivity index (χ0) is 17.1. The Labute approximate surface area is 145 Å². The summed E-state index contributed by atoms with van der Waals surface area (Å²) in [7, 11) is 0. The number of likely N-dealkylation sites (tertiary alicyclic amines) is 1. The fourth-order valence-corrected chi connectivity index (χ4v) is 5.53. The molecular weight excluding hydrogens is 330 g/mol. The molecule has 24 heavy (non-hydrogen) atoms. The van der Waals surface area contributed by atoms with Crippen LogP contribution in [0.15, 0.2) is 0 Å². The summed E-state index contributed by atoms with van der Waals surface area (Å²) in [4.78, 5) is 36.3. The minimum absolute atomic E-state index is 0.0558. The van der Waals surface area contributed by atoms with Crippen molar-refractivity contribution < 1.29 is 19.5 Å². The Hall–Kier alpha value is -1.44. The van der Waals surface area contributed by atoms with Crippen LogP contribution >= 0.6 is 11.8 Å². The highest BCUT2D eigenvalue weighted by Crippen LogP contribution is 2.33. The largest absolute Gasteiger partial charge is 0.481 e. The molecule has 8 heteroatoms. The van der Waals surface area contributed by atoms with Gasteiger partial charge in [-0.25, -0.2) is 4.79 Å². The molecule has 3 aliphatic heterocycles. The quantitative estimate of drug-likeness (QED) is 0.470. The summed E-state index contributed by atoms with van der Waals surface area (Å²) in [6, 6.07) is 0.275. The van der Waals surface area contributed by atoms with E-state index < -0.39 is 5.97 Å². The molecule has 0 aromatic rings. The third-order valence-electron chi connectivity index (χ3n) is 5.18. The monoisotopic (exact) mass is 355 g/mol. The predicted molar refractivity (Wildman–Crippen MR) is 90.9 cm³/mol. The fraction of sp³-hybridized carbons (Fsp3) is 0.812. The minimum Gasteiger partial charge on any atom is -0.481 e. The molecule has 134 valence electrons. The van der Waals surface area contributed by atoms with Crippen molar-refractivity contribution in [3.05, 3.63) is 0 Å². The zero-order valence-electron chi connectivity index (χ0n) is 13.7. The lowest BCUT2D eigenvalue weighted by Gasteiger charge is -2.23. The van der Waals surface area contributed by atoms with Gasteiger partial charge in [0.05, 0.1) is 18.5 Å². The molecule has 0 saturated carbocycles. The number of nitrogens with one attached hydrogen (secondary N) is 2. The predicted octanol–water partition coefficient (Wildman–Crippen LogP) is 1.18. The fourth-order valence-electron chi connectivity index (χ4n) is 3.99. The van der Waals surface area contributed by atoms with Crippen molar-refractivity contribution in [2.45, 2.75) is 68.3 Å². The zero-order valence-corrected chi connectivity index (χ0v) is 14.5. The number of hydrogen-bond donors (Lipinski definition) is 3. The van der Waals surface area contributed by atoms with E-state index in [0.717, 1.165) is 37.9 Å². The molecule has 3 fully saturated rings. The van der Waals surface area contributed by atoms with Crippen LogP contribution < -0.4 is 10.6 Å². The number of urea groups is 1. The Morgan fingerprint density at radius 1 is 1.29 bits per heavy atom. The number of amides is 3. The van der Waals surface area contributed by atoms with Gasteiger partial charge in [-0.15, -0.1) is 0 Å². The van der Waals surface area contributed by atoms with Gasteiger partial charge in [0, 0.05) is 30.0 Å². The normalized spacial score (nSPS) is 31.7. The van der Waals surface area contributed by atoms with E-state index in [0.29, 0.717) is 18.2 Å². The highest BCUT2D eigenvalue weighted by molar-refractivity contribution is 8.00. The van der Waals surface area contributed by atoms with E-state index in [2.05, 4.69) is 10.6 Å². The molecule has 0 radical (unpaired) electrons. The molecule has 3 N–H and O–H groups in total. The van der Waals surface area contributed by atoms with Crippen molar-refractivity contribution >= 4 is 29.7 Å². The van der Waals surface area contributed by atoms with E-state index in [-0.39, 0.29) is 36.5 Å². The molecule has 0 aromatic heterocycles. The Bertz CT molecular complexity index is 516. The van der Waals surface area contributed by atoms with Crippen LogP contribution in [0.2, 0.25) is 0 Å². The van der Waals surface area contributed by atoms with Crippen LogP contribution in [0.5, 0.6) is 0 Å². The molecule has 0 spiro atoms. The second kappa shape index (κ2) is 7.63. The van der Waals surface area contributed by atoms with Crippen LogP contribution in [0, 0.1) is 0 Å². The number of nitrogens with zero attached hydrogens (tertiary/aromatic N) is 1. The first-order valence-electron chi connectivity index (χ1n) is 8.74. The van der Waals surface area contributed by atoms with Gasteiger partial charge < -0.3 is 20.6 Å². The number of carbonyl (C=O) groups is 3. The molecule has 3 rings (SSSR count). The lowest BCUT2D eigenvalue weighted by molar-refractivity contribution is -0.139. The second-order valence-corrected chi connectivity index (χ2v) is 8.12. The number of carbonyl (C=O) groups excluding carboxylic acids is 2. The van der Waals surface area contributed by atoms with Crippen molar-refractivity contribution in [3.8, 4) is 0 Å². The number of unbranched alkanes of at least 4 members (excludes halogenated alkanes) is 1. The van der Waals surface area contributed by atoms with Gasteiger partial charge in [0.15, 0.2) is 0 Å². The van der Waals surface area contributed by atoms with Gasteiger partial charge in [-0.2, -0.15) is 11.8 Å². The van der Waals surface area contributed by atoms with Crippen molar-refractivity contribution in [1.29, 1.82) is 0 Å². The molecule has 3 heterocycles. The van der Waals surface area contributed by atoms with E-state index in [1.807, 2.05) is 11.8 Å². The van der Waals surface area contributed by atoms with Crippen LogP contribution in [0.4, 0.5) is 4.79 Å². The first-order chi connectivity index (χ1) is 11.5. The van der Waals surface area contributed by atoms with Gasteiger partial charge in [0.2, 0.25) is 5.91 Å². The molecule has 7 nitrogen and oxygen atoms in total. The maximum atomic E-state index is 12.3. The summed E-state index contributed by atoms with van der Waals surface area (Å²) in [5.74, 6) is 0.212. The van der Waals surface area contributed by atoms with Crippen LogP contribution in [-0.2, 0) is 9.59 Å². The van der Waals surface area contributed by atoms with Gasteiger partial charge in [-0.3, -0.25) is 9.59 Å². The SMILES string of the molecule is O=C(O)CC1CCCN1C(=O)CCCC[C@@H]1SC[C@@H]2NC(=O)N[C@@H]21. The minimum atomic E-state index is -0.834. The Balaban J connectivity index is 1.36. The number of thioether (sulfide) groups is 1. The number of carboxylic acid groups (broad SMARTS) is 1. The van der Waals surface area contributed by atoms with E-state index in [1.165, 1.54) is 0 Å². The van der Waals surface area contributed by atoms with Crippen LogP contribution in [0.25, 0.3) is 0 Å². The van der Waals surface area contributed by atoms with Crippen LogP contribution in [-0.4, -0.2) is 63.6 Å². The van der Waals surface area contributed by atoms with E-state index in [1.54, 1.807) is 4.90 Å².